The van der Waals surface area contributed by atoms with Crippen molar-refractivity contribution in [3.05, 3.63) is 23.8 Å². The van der Waals surface area contributed by atoms with E-state index in [1.54, 1.807) is 6.07 Å². The van der Waals surface area contributed by atoms with Gasteiger partial charge in [-0.05, 0) is 43.0 Å². The number of carboxylic acid groups (broad SMARTS) is 1. The molecular formula is C13H16N2O3S. The molecule has 0 unspecified atom stereocenters. The summed E-state index contributed by atoms with van der Waals surface area (Å²) < 4.78 is 5.47. The largest absolute Gasteiger partial charge is 0.478 e. The second kappa shape index (κ2) is 6.47. The van der Waals surface area contributed by atoms with Crippen molar-refractivity contribution in [1.82, 2.24) is 4.98 Å². The molecule has 5 nitrogen and oxygen atoms in total. The summed E-state index contributed by atoms with van der Waals surface area (Å²) >= 11 is 1.83. The van der Waals surface area contributed by atoms with Crippen molar-refractivity contribution in [1.29, 1.82) is 0 Å². The highest BCUT2D eigenvalue weighted by molar-refractivity contribution is 7.98. The molecule has 1 aromatic carbocycles. The molecule has 0 saturated carbocycles. The zero-order chi connectivity index (χ0) is 13.7. The molecule has 1 heterocycles. The first-order chi connectivity index (χ1) is 9.20. The van der Waals surface area contributed by atoms with Gasteiger partial charge < -0.3 is 14.8 Å². The minimum Gasteiger partial charge on any atom is -0.478 e. The number of rotatable bonds is 7. The fourth-order valence-corrected chi connectivity index (χ4v) is 2.19. The van der Waals surface area contributed by atoms with E-state index in [1.165, 1.54) is 12.1 Å². The van der Waals surface area contributed by atoms with E-state index in [4.69, 9.17) is 9.52 Å². The lowest BCUT2D eigenvalue weighted by Gasteiger charge is -2.00. The van der Waals surface area contributed by atoms with Crippen LogP contribution in [0.2, 0.25) is 0 Å². The number of carboxylic acids is 1. The average Bonchev–Trinajstić information content (AvgIpc) is 2.80. The molecule has 0 bridgehead atoms. The maximum Gasteiger partial charge on any atom is 0.335 e. The van der Waals surface area contributed by atoms with Gasteiger partial charge in [-0.1, -0.05) is 0 Å². The number of hydrogen-bond donors (Lipinski definition) is 2. The van der Waals surface area contributed by atoms with Gasteiger partial charge in [0.15, 0.2) is 5.58 Å². The SMILES string of the molecule is CSCCCCNc1nc2ccc(C(=O)O)cc2o1. The van der Waals surface area contributed by atoms with Crippen LogP contribution in [-0.4, -0.2) is 34.6 Å². The molecule has 0 atom stereocenters. The Kier molecular flexibility index (Phi) is 4.68. The van der Waals surface area contributed by atoms with Gasteiger partial charge in [-0.15, -0.1) is 0 Å². The number of nitrogens with zero attached hydrogens (tertiary/aromatic N) is 1. The van der Waals surface area contributed by atoms with Crippen LogP contribution in [0.3, 0.4) is 0 Å². The molecule has 0 spiro atoms. The van der Waals surface area contributed by atoms with Crippen LogP contribution in [0, 0.1) is 0 Å². The van der Waals surface area contributed by atoms with Crippen LogP contribution in [0.25, 0.3) is 11.1 Å². The maximum atomic E-state index is 10.8. The van der Waals surface area contributed by atoms with Gasteiger partial charge in [0.2, 0.25) is 0 Å². The molecule has 0 aliphatic rings. The zero-order valence-electron chi connectivity index (χ0n) is 10.7. The highest BCUT2D eigenvalue weighted by Crippen LogP contribution is 2.20. The maximum absolute atomic E-state index is 10.8. The summed E-state index contributed by atoms with van der Waals surface area (Å²) in [6.45, 7) is 0.805. The number of oxazole rings is 1. The quantitative estimate of drug-likeness (QED) is 0.759. The molecule has 0 amide bonds. The van der Waals surface area contributed by atoms with E-state index in [0.717, 1.165) is 25.1 Å². The predicted molar refractivity (Wildman–Crippen MR) is 77.1 cm³/mol. The molecular weight excluding hydrogens is 264 g/mol. The lowest BCUT2D eigenvalue weighted by Crippen LogP contribution is -2.01. The van der Waals surface area contributed by atoms with Crippen LogP contribution >= 0.6 is 11.8 Å². The van der Waals surface area contributed by atoms with Gasteiger partial charge in [0.05, 0.1) is 5.56 Å². The fourth-order valence-electron chi connectivity index (χ4n) is 1.70. The summed E-state index contributed by atoms with van der Waals surface area (Å²) in [5, 5.41) is 12.0. The molecule has 6 heteroatoms. The van der Waals surface area contributed by atoms with Crippen molar-refractivity contribution >= 4 is 34.8 Å². The van der Waals surface area contributed by atoms with Crippen molar-refractivity contribution in [2.24, 2.45) is 0 Å². The summed E-state index contributed by atoms with van der Waals surface area (Å²) in [4.78, 5) is 15.1. The first kappa shape index (κ1) is 13.7. The third-order valence-electron chi connectivity index (χ3n) is 2.69. The van der Waals surface area contributed by atoms with Crippen LogP contribution < -0.4 is 5.32 Å². The Morgan fingerprint density at radius 1 is 1.47 bits per heavy atom. The number of unbranched alkanes of at least 4 members (excludes halogenated alkanes) is 1. The summed E-state index contributed by atoms with van der Waals surface area (Å²) in [7, 11) is 0. The zero-order valence-corrected chi connectivity index (χ0v) is 11.5. The molecule has 2 rings (SSSR count). The molecule has 2 aromatic rings. The number of anilines is 1. The topological polar surface area (TPSA) is 75.4 Å². The number of hydrogen-bond acceptors (Lipinski definition) is 5. The van der Waals surface area contributed by atoms with Gasteiger partial charge in [-0.3, -0.25) is 0 Å². The molecule has 0 radical (unpaired) electrons. The van der Waals surface area contributed by atoms with Crippen molar-refractivity contribution in [2.75, 3.05) is 23.9 Å². The number of aromatic carboxylic acids is 1. The third-order valence-corrected chi connectivity index (χ3v) is 3.38. The monoisotopic (exact) mass is 280 g/mol. The van der Waals surface area contributed by atoms with E-state index in [-0.39, 0.29) is 5.56 Å². The Bertz CT molecular complexity index is 568. The van der Waals surface area contributed by atoms with E-state index in [0.29, 0.717) is 17.1 Å². The molecule has 2 N–H and O–H groups in total. The van der Waals surface area contributed by atoms with Crippen LogP contribution in [0.4, 0.5) is 6.01 Å². The van der Waals surface area contributed by atoms with Crippen molar-refractivity contribution < 1.29 is 14.3 Å². The molecule has 0 aliphatic carbocycles. The average molecular weight is 280 g/mol. The first-order valence-electron chi connectivity index (χ1n) is 6.07. The number of aromatic nitrogens is 1. The molecule has 102 valence electrons. The van der Waals surface area contributed by atoms with Crippen LogP contribution in [-0.2, 0) is 0 Å². The van der Waals surface area contributed by atoms with Crippen LogP contribution in [0.1, 0.15) is 23.2 Å². The first-order valence-corrected chi connectivity index (χ1v) is 7.47. The minimum atomic E-state index is -0.968. The van der Waals surface area contributed by atoms with Gasteiger partial charge in [-0.25, -0.2) is 4.79 Å². The molecule has 0 aliphatic heterocycles. The second-order valence-corrected chi connectivity index (χ2v) is 5.12. The van der Waals surface area contributed by atoms with E-state index in [1.807, 2.05) is 11.8 Å². The van der Waals surface area contributed by atoms with E-state index < -0.39 is 5.97 Å². The van der Waals surface area contributed by atoms with Crippen LogP contribution in [0.15, 0.2) is 22.6 Å². The van der Waals surface area contributed by atoms with Crippen molar-refractivity contribution in [3.63, 3.8) is 0 Å². The number of nitrogens with one attached hydrogen (secondary N) is 1. The Hall–Kier alpha value is -1.69. The van der Waals surface area contributed by atoms with Gasteiger partial charge in [0.25, 0.3) is 6.01 Å². The summed E-state index contributed by atoms with van der Waals surface area (Å²) in [6.07, 6.45) is 4.30. The standard InChI is InChI=1S/C13H16N2O3S/c1-19-7-3-2-6-14-13-15-10-5-4-9(12(16)17)8-11(10)18-13/h4-5,8H,2-3,6-7H2,1H3,(H,14,15)(H,16,17). The fraction of sp³-hybridized carbons (Fsp3) is 0.385. The Morgan fingerprint density at radius 3 is 3.05 bits per heavy atom. The second-order valence-electron chi connectivity index (χ2n) is 4.13. The molecule has 0 saturated heterocycles. The van der Waals surface area contributed by atoms with Gasteiger partial charge in [0, 0.05) is 6.54 Å². The highest BCUT2D eigenvalue weighted by Gasteiger charge is 2.09. The third kappa shape index (κ3) is 3.64. The smallest absolute Gasteiger partial charge is 0.335 e. The Labute approximate surface area is 115 Å². The van der Waals surface area contributed by atoms with Crippen LogP contribution in [0.5, 0.6) is 0 Å². The van der Waals surface area contributed by atoms with Gasteiger partial charge in [0.1, 0.15) is 5.52 Å². The number of carbonyl (C=O) groups is 1. The van der Waals surface area contributed by atoms with Gasteiger partial charge in [-0.2, -0.15) is 16.7 Å². The molecule has 0 fully saturated rings. The lowest BCUT2D eigenvalue weighted by molar-refractivity contribution is 0.0697. The number of benzene rings is 1. The Balaban J connectivity index is 1.99. The van der Waals surface area contributed by atoms with Gasteiger partial charge >= 0.3 is 5.97 Å². The van der Waals surface area contributed by atoms with Crippen molar-refractivity contribution in [2.45, 2.75) is 12.8 Å². The summed E-state index contributed by atoms with van der Waals surface area (Å²) in [5.74, 6) is 0.182. The van der Waals surface area contributed by atoms with Crippen molar-refractivity contribution in [3.8, 4) is 0 Å². The summed E-state index contributed by atoms with van der Waals surface area (Å²) in [6, 6.07) is 5.11. The van der Waals surface area contributed by atoms with E-state index >= 15 is 0 Å². The molecule has 19 heavy (non-hydrogen) atoms. The minimum absolute atomic E-state index is 0.204. The normalized spacial score (nSPS) is 10.8. The van der Waals surface area contributed by atoms with E-state index in [9.17, 15) is 4.79 Å². The lowest BCUT2D eigenvalue weighted by atomic mass is 10.2. The molecule has 1 aromatic heterocycles. The van der Waals surface area contributed by atoms with E-state index in [2.05, 4.69) is 16.6 Å². The highest BCUT2D eigenvalue weighted by atomic mass is 32.2. The predicted octanol–water partition coefficient (Wildman–Crippen LogP) is 3.08. The number of thioether (sulfide) groups is 1. The summed E-state index contributed by atoms with van der Waals surface area (Å²) in [5.41, 5.74) is 1.36. The number of fused-ring (bicyclic) bond motifs is 1. The Morgan fingerprint density at radius 2 is 2.32 bits per heavy atom.